The number of carbonyl (C=O) groups excluding carboxylic acids is 1. The molecule has 1 atom stereocenters. The second kappa shape index (κ2) is 7.45. The maximum atomic E-state index is 12.2. The summed E-state index contributed by atoms with van der Waals surface area (Å²) in [6, 6.07) is 9.81. The highest BCUT2D eigenvalue weighted by molar-refractivity contribution is 9.10. The lowest BCUT2D eigenvalue weighted by molar-refractivity contribution is -0.123. The van der Waals surface area contributed by atoms with Crippen molar-refractivity contribution in [3.05, 3.63) is 51.6 Å². The molecular weight excluding hydrogens is 396 g/mol. The van der Waals surface area contributed by atoms with Gasteiger partial charge in [0.25, 0.3) is 5.91 Å². The molecule has 0 spiro atoms. The molecule has 2 aromatic heterocycles. The fourth-order valence-corrected chi connectivity index (χ4v) is 3.51. The summed E-state index contributed by atoms with van der Waals surface area (Å²) >= 11 is 3.43. The van der Waals surface area contributed by atoms with Gasteiger partial charge in [0.1, 0.15) is 4.60 Å². The summed E-state index contributed by atoms with van der Waals surface area (Å²) in [7, 11) is 1.82. The zero-order valence-corrected chi connectivity index (χ0v) is 16.8. The Kier molecular flexibility index (Phi) is 5.27. The van der Waals surface area contributed by atoms with Gasteiger partial charge >= 0.3 is 0 Å². The van der Waals surface area contributed by atoms with Crippen molar-refractivity contribution in [3.63, 3.8) is 0 Å². The van der Waals surface area contributed by atoms with E-state index in [2.05, 4.69) is 31.3 Å². The Labute approximate surface area is 160 Å². The quantitative estimate of drug-likeness (QED) is 0.689. The number of aromatic nitrogens is 3. The minimum Gasteiger partial charge on any atom is -0.468 e. The molecule has 2 heterocycles. The number of nitrogens with zero attached hydrogens (tertiary/aromatic N) is 3. The molecule has 0 bridgehead atoms. The number of fused-ring (bicyclic) bond motifs is 1. The molecule has 0 fully saturated rings. The molecular formula is C19H21BrN4O2. The van der Waals surface area contributed by atoms with Crippen LogP contribution in [-0.4, -0.2) is 27.3 Å². The van der Waals surface area contributed by atoms with Crippen LogP contribution < -0.4 is 10.1 Å². The van der Waals surface area contributed by atoms with Crippen LogP contribution in [0.4, 0.5) is 0 Å². The van der Waals surface area contributed by atoms with E-state index >= 15 is 0 Å². The Morgan fingerprint density at radius 2 is 2.00 bits per heavy atom. The van der Waals surface area contributed by atoms with Crippen molar-refractivity contribution in [2.24, 2.45) is 7.05 Å². The predicted molar refractivity (Wildman–Crippen MR) is 104 cm³/mol. The van der Waals surface area contributed by atoms with Gasteiger partial charge in [-0.3, -0.25) is 4.79 Å². The zero-order chi connectivity index (χ0) is 18.8. The topological polar surface area (TPSA) is 69.0 Å². The van der Waals surface area contributed by atoms with Crippen molar-refractivity contribution >= 4 is 32.9 Å². The lowest BCUT2D eigenvalue weighted by Crippen LogP contribution is -2.31. The van der Waals surface area contributed by atoms with Crippen LogP contribution in [0.1, 0.15) is 29.7 Å². The van der Waals surface area contributed by atoms with E-state index in [0.29, 0.717) is 11.5 Å². The average molecular weight is 417 g/mol. The van der Waals surface area contributed by atoms with Gasteiger partial charge in [-0.05, 0) is 47.8 Å². The molecule has 0 aliphatic carbocycles. The Balaban J connectivity index is 1.65. The van der Waals surface area contributed by atoms with E-state index in [4.69, 9.17) is 4.74 Å². The van der Waals surface area contributed by atoms with Gasteiger partial charge in [-0.2, -0.15) is 10.1 Å². The van der Waals surface area contributed by atoms with E-state index in [1.165, 1.54) is 5.56 Å². The van der Waals surface area contributed by atoms with Gasteiger partial charge in [-0.15, -0.1) is 0 Å². The third kappa shape index (κ3) is 3.88. The van der Waals surface area contributed by atoms with Gasteiger partial charge in [0.2, 0.25) is 5.88 Å². The number of aryl methyl sites for hydroxylation is 3. The first kappa shape index (κ1) is 18.4. The molecule has 1 N–H and O–H groups in total. The second-order valence-electron chi connectivity index (χ2n) is 6.38. The third-order valence-corrected chi connectivity index (χ3v) is 4.79. The van der Waals surface area contributed by atoms with Crippen molar-refractivity contribution in [1.29, 1.82) is 0 Å². The van der Waals surface area contributed by atoms with Crippen LogP contribution in [-0.2, 0) is 11.8 Å². The van der Waals surface area contributed by atoms with Crippen LogP contribution in [0.5, 0.6) is 5.88 Å². The molecule has 6 nitrogen and oxygen atoms in total. The fourth-order valence-electron chi connectivity index (χ4n) is 2.78. The van der Waals surface area contributed by atoms with E-state index < -0.39 is 0 Å². The smallest absolute Gasteiger partial charge is 0.258 e. The number of carbonyl (C=O) groups is 1. The van der Waals surface area contributed by atoms with E-state index in [1.807, 2.05) is 58.2 Å². The van der Waals surface area contributed by atoms with E-state index in [1.54, 1.807) is 4.68 Å². The molecule has 0 unspecified atom stereocenters. The Morgan fingerprint density at radius 3 is 2.69 bits per heavy atom. The minimum absolute atomic E-state index is 0.0862. The predicted octanol–water partition coefficient (Wildman–Crippen LogP) is 3.60. The molecule has 3 aromatic rings. The van der Waals surface area contributed by atoms with E-state index in [9.17, 15) is 4.79 Å². The monoisotopic (exact) mass is 416 g/mol. The van der Waals surface area contributed by atoms with Crippen molar-refractivity contribution in [2.45, 2.75) is 26.8 Å². The van der Waals surface area contributed by atoms with Gasteiger partial charge in [-0.1, -0.05) is 29.8 Å². The zero-order valence-electron chi connectivity index (χ0n) is 15.2. The van der Waals surface area contributed by atoms with E-state index in [-0.39, 0.29) is 18.6 Å². The van der Waals surface area contributed by atoms with Crippen molar-refractivity contribution in [3.8, 4) is 5.88 Å². The molecule has 1 amide bonds. The Hall–Kier alpha value is -2.41. The molecule has 7 heteroatoms. The van der Waals surface area contributed by atoms with Crippen LogP contribution in [0.2, 0.25) is 0 Å². The molecule has 0 saturated heterocycles. The lowest BCUT2D eigenvalue weighted by Gasteiger charge is -2.15. The first-order valence-electron chi connectivity index (χ1n) is 8.33. The maximum Gasteiger partial charge on any atom is 0.258 e. The summed E-state index contributed by atoms with van der Waals surface area (Å²) in [5.74, 6) is 0.215. The standard InChI is InChI=1S/C19H21BrN4O2/c1-11-5-7-14(8-6-11)13(3)21-15(25)10-26-16-9-12(2)17-18(20)23-24(4)19(17)22-16/h5-9,13H,10H2,1-4H3,(H,21,25)/t13-/m0/s1. The number of pyridine rings is 1. The SMILES string of the molecule is Cc1ccc([C@H](C)NC(=O)COc2cc(C)c3c(Br)nn(C)c3n2)cc1. The summed E-state index contributed by atoms with van der Waals surface area (Å²) in [5.41, 5.74) is 3.94. The van der Waals surface area contributed by atoms with E-state index in [0.717, 1.165) is 21.1 Å². The Bertz CT molecular complexity index is 950. The molecule has 3 rings (SSSR count). The molecule has 136 valence electrons. The lowest BCUT2D eigenvalue weighted by atomic mass is 10.1. The van der Waals surface area contributed by atoms with Crippen LogP contribution in [0.25, 0.3) is 11.0 Å². The Morgan fingerprint density at radius 1 is 1.31 bits per heavy atom. The maximum absolute atomic E-state index is 12.2. The number of rotatable bonds is 5. The number of halogens is 1. The summed E-state index contributed by atoms with van der Waals surface area (Å²) in [6.45, 7) is 5.85. The molecule has 0 radical (unpaired) electrons. The van der Waals surface area contributed by atoms with Crippen LogP contribution in [0.3, 0.4) is 0 Å². The van der Waals surface area contributed by atoms with Crippen molar-refractivity contribution in [1.82, 2.24) is 20.1 Å². The number of amides is 1. The largest absolute Gasteiger partial charge is 0.468 e. The third-order valence-electron chi connectivity index (χ3n) is 4.23. The first-order chi connectivity index (χ1) is 12.3. The van der Waals surface area contributed by atoms with Crippen molar-refractivity contribution in [2.75, 3.05) is 6.61 Å². The fraction of sp³-hybridized carbons (Fsp3) is 0.316. The number of nitrogens with one attached hydrogen (secondary N) is 1. The highest BCUT2D eigenvalue weighted by atomic mass is 79.9. The molecule has 1 aromatic carbocycles. The first-order valence-corrected chi connectivity index (χ1v) is 9.13. The number of ether oxygens (including phenoxy) is 1. The summed E-state index contributed by atoms with van der Waals surface area (Å²) in [4.78, 5) is 16.6. The molecule has 0 aliphatic heterocycles. The van der Waals surface area contributed by atoms with Gasteiger partial charge in [0.15, 0.2) is 12.3 Å². The van der Waals surface area contributed by atoms with Crippen LogP contribution >= 0.6 is 15.9 Å². The van der Waals surface area contributed by atoms with Crippen LogP contribution in [0.15, 0.2) is 34.9 Å². The van der Waals surface area contributed by atoms with Gasteiger partial charge in [0, 0.05) is 13.1 Å². The van der Waals surface area contributed by atoms with Gasteiger partial charge < -0.3 is 10.1 Å². The average Bonchev–Trinajstić information content (AvgIpc) is 2.88. The van der Waals surface area contributed by atoms with Gasteiger partial charge in [-0.25, -0.2) is 4.68 Å². The normalized spacial score (nSPS) is 12.2. The molecule has 0 saturated carbocycles. The number of hydrogen-bond donors (Lipinski definition) is 1. The minimum atomic E-state index is -0.191. The van der Waals surface area contributed by atoms with Gasteiger partial charge in [0.05, 0.1) is 11.4 Å². The highest BCUT2D eigenvalue weighted by Gasteiger charge is 2.14. The number of benzene rings is 1. The van der Waals surface area contributed by atoms with Crippen molar-refractivity contribution < 1.29 is 9.53 Å². The molecule has 26 heavy (non-hydrogen) atoms. The number of hydrogen-bond acceptors (Lipinski definition) is 4. The molecule has 0 aliphatic rings. The summed E-state index contributed by atoms with van der Waals surface area (Å²) < 4.78 is 8.02. The van der Waals surface area contributed by atoms with Crippen LogP contribution in [0, 0.1) is 13.8 Å². The highest BCUT2D eigenvalue weighted by Crippen LogP contribution is 2.27. The second-order valence-corrected chi connectivity index (χ2v) is 7.13. The summed E-state index contributed by atoms with van der Waals surface area (Å²) in [6.07, 6.45) is 0. The summed E-state index contributed by atoms with van der Waals surface area (Å²) in [5, 5.41) is 8.18.